The van der Waals surface area contributed by atoms with E-state index in [2.05, 4.69) is 16.9 Å². The van der Waals surface area contributed by atoms with Crippen LogP contribution in [0.25, 0.3) is 5.57 Å². The normalized spacial score (nSPS) is 18.0. The number of rotatable bonds is 5. The van der Waals surface area contributed by atoms with Gasteiger partial charge >= 0.3 is 0 Å². The van der Waals surface area contributed by atoms with Crippen molar-refractivity contribution in [3.63, 3.8) is 0 Å². The van der Waals surface area contributed by atoms with Crippen LogP contribution in [0.4, 0.5) is 0 Å². The van der Waals surface area contributed by atoms with Crippen LogP contribution in [0, 0.1) is 0 Å². The second-order valence-corrected chi connectivity index (χ2v) is 7.23. The Morgan fingerprint density at radius 3 is 2.38 bits per heavy atom. The van der Waals surface area contributed by atoms with Crippen molar-refractivity contribution in [2.24, 2.45) is 0 Å². The summed E-state index contributed by atoms with van der Waals surface area (Å²) in [5.74, 6) is 0.000145. The van der Waals surface area contributed by atoms with Gasteiger partial charge in [-0.25, -0.2) is 0 Å². The highest BCUT2D eigenvalue weighted by Gasteiger charge is 2.43. The first kappa shape index (κ1) is 19.1. The Kier molecular flexibility index (Phi) is 5.31. The third kappa shape index (κ3) is 3.61. The zero-order valence-electron chi connectivity index (χ0n) is 16.7. The molecule has 0 N–H and O–H groups in total. The largest absolute Gasteiger partial charge is 0.496 e. The molecular weight excluding hydrogens is 368 g/mol. The highest BCUT2D eigenvalue weighted by atomic mass is 16.5. The van der Waals surface area contributed by atoms with Crippen LogP contribution >= 0.6 is 0 Å². The van der Waals surface area contributed by atoms with E-state index >= 15 is 0 Å². The van der Waals surface area contributed by atoms with E-state index in [1.165, 1.54) is 4.90 Å². The Morgan fingerprint density at radius 2 is 1.69 bits per heavy atom. The molecule has 0 unspecified atom stereocenters. The lowest BCUT2D eigenvalue weighted by Gasteiger charge is -2.34. The fourth-order valence-electron chi connectivity index (χ4n) is 3.78. The summed E-state index contributed by atoms with van der Waals surface area (Å²) in [5.41, 5.74) is 2.19. The van der Waals surface area contributed by atoms with Gasteiger partial charge in [-0.05, 0) is 25.2 Å². The number of carbonyl (C=O) groups is 2. The van der Waals surface area contributed by atoms with Crippen LogP contribution in [0.15, 0.2) is 54.4 Å². The molecule has 7 heteroatoms. The number of para-hydroxylation sites is 1. The van der Waals surface area contributed by atoms with Crippen molar-refractivity contribution in [3.8, 4) is 5.75 Å². The number of ether oxygens (including phenoxy) is 1. The quantitative estimate of drug-likeness (QED) is 0.721. The summed E-state index contributed by atoms with van der Waals surface area (Å²) in [6, 6.07) is 12.8. The fourth-order valence-corrected chi connectivity index (χ4v) is 3.78. The minimum absolute atomic E-state index is 0.147. The van der Waals surface area contributed by atoms with Crippen LogP contribution in [-0.4, -0.2) is 71.8 Å². The molecular formula is C22H24N4O3. The van der Waals surface area contributed by atoms with Crippen molar-refractivity contribution in [2.45, 2.75) is 6.54 Å². The van der Waals surface area contributed by atoms with Crippen molar-refractivity contribution >= 4 is 17.4 Å². The van der Waals surface area contributed by atoms with Gasteiger partial charge in [0.25, 0.3) is 11.8 Å². The average molecular weight is 392 g/mol. The summed E-state index contributed by atoms with van der Waals surface area (Å²) in [7, 11) is 3.63. The van der Waals surface area contributed by atoms with E-state index in [0.717, 1.165) is 13.1 Å². The second-order valence-electron chi connectivity index (χ2n) is 7.23. The van der Waals surface area contributed by atoms with Crippen LogP contribution in [0.3, 0.4) is 0 Å². The van der Waals surface area contributed by atoms with E-state index in [9.17, 15) is 9.59 Å². The first-order chi connectivity index (χ1) is 14.1. The van der Waals surface area contributed by atoms with Crippen LogP contribution in [0.5, 0.6) is 5.75 Å². The molecule has 2 aliphatic rings. The van der Waals surface area contributed by atoms with E-state index in [0.29, 0.717) is 41.4 Å². The lowest BCUT2D eigenvalue weighted by molar-refractivity contribution is -0.138. The molecule has 150 valence electrons. The zero-order valence-corrected chi connectivity index (χ0v) is 16.7. The first-order valence-corrected chi connectivity index (χ1v) is 9.67. The summed E-state index contributed by atoms with van der Waals surface area (Å²) >= 11 is 0. The first-order valence-electron chi connectivity index (χ1n) is 9.67. The van der Waals surface area contributed by atoms with Gasteiger partial charge in [-0.1, -0.05) is 24.3 Å². The minimum Gasteiger partial charge on any atom is -0.496 e. The molecule has 2 aliphatic heterocycles. The predicted octanol–water partition coefficient (Wildman–Crippen LogP) is 1.62. The van der Waals surface area contributed by atoms with Gasteiger partial charge in [0.05, 0.1) is 24.9 Å². The van der Waals surface area contributed by atoms with Gasteiger partial charge in [0.15, 0.2) is 0 Å². The average Bonchev–Trinajstić information content (AvgIpc) is 2.99. The zero-order chi connectivity index (χ0) is 20.4. The Morgan fingerprint density at radius 1 is 0.966 bits per heavy atom. The van der Waals surface area contributed by atoms with E-state index in [-0.39, 0.29) is 18.4 Å². The van der Waals surface area contributed by atoms with Crippen molar-refractivity contribution < 1.29 is 14.3 Å². The van der Waals surface area contributed by atoms with Crippen molar-refractivity contribution in [2.75, 3.05) is 40.3 Å². The molecule has 2 aromatic rings. The van der Waals surface area contributed by atoms with Crippen molar-refractivity contribution in [1.29, 1.82) is 0 Å². The number of likely N-dealkylation sites (N-methyl/N-ethyl adjacent to an activating group) is 1. The van der Waals surface area contributed by atoms with Gasteiger partial charge < -0.3 is 14.5 Å². The number of hydrogen-bond acceptors (Lipinski definition) is 6. The summed E-state index contributed by atoms with van der Waals surface area (Å²) in [6.07, 6.45) is 1.66. The molecule has 0 bridgehead atoms. The molecule has 29 heavy (non-hydrogen) atoms. The third-order valence-corrected chi connectivity index (χ3v) is 5.39. The molecule has 0 saturated carbocycles. The molecule has 3 heterocycles. The highest BCUT2D eigenvalue weighted by Crippen LogP contribution is 2.36. The van der Waals surface area contributed by atoms with E-state index in [1.807, 2.05) is 47.4 Å². The topological polar surface area (TPSA) is 66.0 Å². The number of carbonyl (C=O) groups excluding carboxylic acids is 2. The maximum atomic E-state index is 13.4. The minimum atomic E-state index is -0.306. The Balaban J connectivity index is 1.77. The van der Waals surface area contributed by atoms with Crippen LogP contribution in [0.1, 0.15) is 11.3 Å². The lowest BCUT2D eigenvalue weighted by atomic mass is 10.0. The molecule has 1 aromatic heterocycles. The van der Waals surface area contributed by atoms with Gasteiger partial charge in [0, 0.05) is 37.9 Å². The van der Waals surface area contributed by atoms with Crippen molar-refractivity contribution in [1.82, 2.24) is 19.7 Å². The van der Waals surface area contributed by atoms with Crippen LogP contribution < -0.4 is 4.74 Å². The maximum absolute atomic E-state index is 13.4. The fraction of sp³-hybridized carbons (Fsp3) is 0.318. The molecule has 0 atom stereocenters. The third-order valence-electron chi connectivity index (χ3n) is 5.39. The van der Waals surface area contributed by atoms with Gasteiger partial charge in [0.1, 0.15) is 11.4 Å². The summed E-state index contributed by atoms with van der Waals surface area (Å²) < 4.78 is 5.49. The Bertz CT molecular complexity index is 950. The van der Waals surface area contributed by atoms with Gasteiger partial charge in [-0.3, -0.25) is 19.5 Å². The number of amides is 2. The molecule has 0 radical (unpaired) electrons. The molecule has 2 amide bonds. The van der Waals surface area contributed by atoms with Gasteiger partial charge in [-0.2, -0.15) is 0 Å². The van der Waals surface area contributed by atoms with Gasteiger partial charge in [-0.15, -0.1) is 0 Å². The maximum Gasteiger partial charge on any atom is 0.278 e. The lowest BCUT2D eigenvalue weighted by Crippen LogP contribution is -2.46. The number of piperazine rings is 1. The summed E-state index contributed by atoms with van der Waals surface area (Å²) in [6.45, 7) is 3.21. The number of nitrogens with zero attached hydrogens (tertiary/aromatic N) is 4. The Hall–Kier alpha value is -3.19. The highest BCUT2D eigenvalue weighted by molar-refractivity contribution is 6.35. The summed E-state index contributed by atoms with van der Waals surface area (Å²) in [5, 5.41) is 0. The van der Waals surface area contributed by atoms with Gasteiger partial charge in [0.2, 0.25) is 0 Å². The Labute approximate surface area is 170 Å². The molecule has 0 aliphatic carbocycles. The second kappa shape index (κ2) is 8.05. The van der Waals surface area contributed by atoms with Crippen LogP contribution in [0.2, 0.25) is 0 Å². The number of aromatic nitrogens is 1. The monoisotopic (exact) mass is 392 g/mol. The van der Waals surface area contributed by atoms with Crippen molar-refractivity contribution in [3.05, 3.63) is 65.6 Å². The standard InChI is InChI=1S/C22H24N4O3/c1-24-11-13-25(14-12-24)20-19(17-8-3-4-9-18(17)29-2)21(27)26(22(20)28)15-16-7-5-6-10-23-16/h3-10H,11-15H2,1-2H3. The molecule has 1 aromatic carbocycles. The van der Waals surface area contributed by atoms with E-state index < -0.39 is 0 Å². The molecule has 7 nitrogen and oxygen atoms in total. The predicted molar refractivity (Wildman–Crippen MR) is 109 cm³/mol. The number of benzene rings is 1. The molecule has 1 saturated heterocycles. The van der Waals surface area contributed by atoms with E-state index in [4.69, 9.17) is 4.74 Å². The van der Waals surface area contributed by atoms with E-state index in [1.54, 1.807) is 13.3 Å². The number of imide groups is 1. The molecule has 0 spiro atoms. The number of pyridine rings is 1. The smallest absolute Gasteiger partial charge is 0.278 e. The SMILES string of the molecule is COc1ccccc1C1=C(N2CCN(C)CC2)C(=O)N(Cc2ccccn2)C1=O. The van der Waals surface area contributed by atoms with Crippen LogP contribution in [-0.2, 0) is 16.1 Å². The number of hydrogen-bond donors (Lipinski definition) is 0. The molecule has 1 fully saturated rings. The number of methoxy groups -OCH3 is 1. The molecule has 4 rings (SSSR count). The summed E-state index contributed by atoms with van der Waals surface area (Å²) in [4.78, 5) is 36.7.